The number of nitrogens with one attached hydrogen (secondary N) is 1. The first kappa shape index (κ1) is 11.6. The molecule has 3 heterocycles. The zero-order valence-corrected chi connectivity index (χ0v) is 11.5. The number of rotatable bonds is 2. The maximum absolute atomic E-state index is 6.22. The Morgan fingerprint density at radius 2 is 2.37 bits per heavy atom. The van der Waals surface area contributed by atoms with Gasteiger partial charge < -0.3 is 15.8 Å². The molecular formula is C13H16N4OS. The molecule has 0 amide bonds. The van der Waals surface area contributed by atoms with Gasteiger partial charge in [0, 0.05) is 18.6 Å². The van der Waals surface area contributed by atoms with E-state index in [0.29, 0.717) is 5.92 Å². The first-order chi connectivity index (χ1) is 9.25. The summed E-state index contributed by atoms with van der Waals surface area (Å²) >= 11 is 1.67. The summed E-state index contributed by atoms with van der Waals surface area (Å²) in [5.74, 6) is 1.40. The second kappa shape index (κ2) is 4.13. The Labute approximate surface area is 115 Å². The van der Waals surface area contributed by atoms with Crippen LogP contribution in [-0.2, 0) is 4.74 Å². The van der Waals surface area contributed by atoms with Crippen molar-refractivity contribution in [2.24, 2.45) is 11.7 Å². The number of aryl methyl sites for hydroxylation is 1. The molecule has 2 aromatic heterocycles. The smallest absolute Gasteiger partial charge is 0.147 e. The number of ether oxygens (including phenoxy) is 1. The van der Waals surface area contributed by atoms with Gasteiger partial charge in [0.25, 0.3) is 0 Å². The van der Waals surface area contributed by atoms with Crippen molar-refractivity contribution >= 4 is 27.4 Å². The van der Waals surface area contributed by atoms with Gasteiger partial charge in [0.2, 0.25) is 0 Å². The van der Waals surface area contributed by atoms with Gasteiger partial charge in [-0.2, -0.15) is 0 Å². The van der Waals surface area contributed by atoms with Crippen LogP contribution in [0.3, 0.4) is 0 Å². The lowest BCUT2D eigenvalue weighted by atomic mass is 9.72. The van der Waals surface area contributed by atoms with Gasteiger partial charge in [0.05, 0.1) is 22.4 Å². The SMILES string of the molecule is Cc1csc2c(NC3C(N)C4CCOC43)ncnc12. The van der Waals surface area contributed by atoms with Gasteiger partial charge in [-0.1, -0.05) is 0 Å². The molecule has 2 aromatic rings. The summed E-state index contributed by atoms with van der Waals surface area (Å²) in [6.07, 6.45) is 2.95. The molecule has 100 valence electrons. The third-order valence-corrected chi connectivity index (χ3v) is 5.37. The first-order valence-corrected chi connectivity index (χ1v) is 7.46. The van der Waals surface area contributed by atoms with Crippen molar-refractivity contribution in [2.75, 3.05) is 11.9 Å². The molecule has 4 rings (SSSR count). The van der Waals surface area contributed by atoms with Crippen LogP contribution in [0.1, 0.15) is 12.0 Å². The van der Waals surface area contributed by atoms with Gasteiger partial charge in [-0.3, -0.25) is 0 Å². The molecule has 3 N–H and O–H groups in total. The van der Waals surface area contributed by atoms with Crippen LogP contribution in [0.25, 0.3) is 10.2 Å². The highest BCUT2D eigenvalue weighted by atomic mass is 32.1. The highest BCUT2D eigenvalue weighted by molar-refractivity contribution is 7.18. The van der Waals surface area contributed by atoms with Crippen LogP contribution in [0.15, 0.2) is 11.7 Å². The zero-order chi connectivity index (χ0) is 13.0. The van der Waals surface area contributed by atoms with Crippen LogP contribution in [0.4, 0.5) is 5.82 Å². The lowest BCUT2D eigenvalue weighted by Gasteiger charge is -2.45. The normalized spacial score (nSPS) is 33.2. The molecule has 0 aromatic carbocycles. The number of hydrogen-bond donors (Lipinski definition) is 2. The molecule has 6 heteroatoms. The average Bonchev–Trinajstić information content (AvgIpc) is 3.01. The van der Waals surface area contributed by atoms with Gasteiger partial charge in [0.15, 0.2) is 0 Å². The number of hydrogen-bond acceptors (Lipinski definition) is 6. The second-order valence-corrected chi connectivity index (χ2v) is 6.23. The lowest BCUT2D eigenvalue weighted by Crippen LogP contribution is -2.65. The Bertz CT molecular complexity index is 628. The summed E-state index contributed by atoms with van der Waals surface area (Å²) in [5, 5.41) is 5.58. The molecule has 19 heavy (non-hydrogen) atoms. The molecular weight excluding hydrogens is 260 g/mol. The Balaban J connectivity index is 1.65. The van der Waals surface area contributed by atoms with Crippen LogP contribution >= 0.6 is 11.3 Å². The van der Waals surface area contributed by atoms with E-state index in [0.717, 1.165) is 29.1 Å². The number of fused-ring (bicyclic) bond motifs is 2. The average molecular weight is 276 g/mol. The molecule has 0 spiro atoms. The Hall–Kier alpha value is -1.24. The minimum absolute atomic E-state index is 0.165. The quantitative estimate of drug-likeness (QED) is 0.870. The summed E-state index contributed by atoms with van der Waals surface area (Å²) in [7, 11) is 0. The minimum atomic E-state index is 0.165. The lowest BCUT2D eigenvalue weighted by molar-refractivity contribution is 0.00529. The zero-order valence-electron chi connectivity index (χ0n) is 10.7. The van der Waals surface area contributed by atoms with E-state index in [1.165, 1.54) is 5.56 Å². The minimum Gasteiger partial charge on any atom is -0.376 e. The molecule has 1 aliphatic heterocycles. The highest BCUT2D eigenvalue weighted by Crippen LogP contribution is 2.40. The van der Waals surface area contributed by atoms with E-state index in [4.69, 9.17) is 10.5 Å². The fraction of sp³-hybridized carbons (Fsp3) is 0.538. The monoisotopic (exact) mass is 276 g/mol. The van der Waals surface area contributed by atoms with Crippen molar-refractivity contribution < 1.29 is 4.74 Å². The Kier molecular flexibility index (Phi) is 2.51. The van der Waals surface area contributed by atoms with Crippen LogP contribution in [0, 0.1) is 12.8 Å². The summed E-state index contributed by atoms with van der Waals surface area (Å²) in [6, 6.07) is 0.339. The number of nitrogens with two attached hydrogens (primary N) is 1. The highest BCUT2D eigenvalue weighted by Gasteiger charge is 2.52. The van der Waals surface area contributed by atoms with Crippen molar-refractivity contribution in [1.29, 1.82) is 0 Å². The van der Waals surface area contributed by atoms with E-state index in [1.807, 2.05) is 0 Å². The molecule has 0 bridgehead atoms. The number of thiophene rings is 1. The molecule has 4 atom stereocenters. The van der Waals surface area contributed by atoms with E-state index >= 15 is 0 Å². The fourth-order valence-electron chi connectivity index (χ4n) is 3.16. The third-order valence-electron chi connectivity index (χ3n) is 4.28. The standard InChI is InChI=1S/C13H16N4OS/c1-6-4-19-12-9(6)15-5-16-13(12)17-10-8(14)7-2-3-18-11(7)10/h4-5,7-8,10-11H,2-3,14H2,1H3,(H,15,16,17). The number of aromatic nitrogens is 2. The fourth-order valence-corrected chi connectivity index (χ4v) is 4.11. The summed E-state index contributed by atoms with van der Waals surface area (Å²) in [6.45, 7) is 2.90. The molecule has 2 aliphatic rings. The molecule has 1 aliphatic carbocycles. The predicted octanol–water partition coefficient (Wildman–Crippen LogP) is 1.53. The number of nitrogens with zero attached hydrogens (tertiary/aromatic N) is 2. The summed E-state index contributed by atoms with van der Waals surface area (Å²) < 4.78 is 6.85. The van der Waals surface area contributed by atoms with Crippen LogP contribution in [-0.4, -0.2) is 34.8 Å². The van der Waals surface area contributed by atoms with Crippen LogP contribution in [0.5, 0.6) is 0 Å². The molecule has 4 unspecified atom stereocenters. The van der Waals surface area contributed by atoms with Crippen LogP contribution < -0.4 is 11.1 Å². The number of anilines is 1. The molecule has 2 fully saturated rings. The van der Waals surface area contributed by atoms with E-state index in [9.17, 15) is 0 Å². The maximum atomic E-state index is 6.22. The van der Waals surface area contributed by atoms with Crippen molar-refractivity contribution in [1.82, 2.24) is 9.97 Å². The van der Waals surface area contributed by atoms with E-state index in [2.05, 4.69) is 27.6 Å². The summed E-state index contributed by atoms with van der Waals surface area (Å²) in [5.41, 5.74) is 8.44. The molecule has 1 saturated carbocycles. The second-order valence-electron chi connectivity index (χ2n) is 5.35. The third kappa shape index (κ3) is 1.60. The van der Waals surface area contributed by atoms with E-state index in [1.54, 1.807) is 17.7 Å². The summed E-state index contributed by atoms with van der Waals surface area (Å²) in [4.78, 5) is 8.70. The van der Waals surface area contributed by atoms with E-state index < -0.39 is 0 Å². The van der Waals surface area contributed by atoms with Gasteiger partial charge >= 0.3 is 0 Å². The Morgan fingerprint density at radius 1 is 1.47 bits per heavy atom. The topological polar surface area (TPSA) is 73.1 Å². The van der Waals surface area contributed by atoms with Gasteiger partial charge in [-0.25, -0.2) is 9.97 Å². The van der Waals surface area contributed by atoms with Gasteiger partial charge in [-0.15, -0.1) is 11.3 Å². The first-order valence-electron chi connectivity index (χ1n) is 6.58. The van der Waals surface area contributed by atoms with Crippen molar-refractivity contribution in [3.8, 4) is 0 Å². The van der Waals surface area contributed by atoms with Gasteiger partial charge in [0.1, 0.15) is 12.1 Å². The van der Waals surface area contributed by atoms with Crippen molar-refractivity contribution in [3.63, 3.8) is 0 Å². The van der Waals surface area contributed by atoms with Crippen molar-refractivity contribution in [3.05, 3.63) is 17.3 Å². The predicted molar refractivity (Wildman–Crippen MR) is 75.4 cm³/mol. The van der Waals surface area contributed by atoms with Crippen molar-refractivity contribution in [2.45, 2.75) is 31.5 Å². The largest absolute Gasteiger partial charge is 0.376 e. The van der Waals surface area contributed by atoms with E-state index in [-0.39, 0.29) is 18.2 Å². The maximum Gasteiger partial charge on any atom is 0.147 e. The molecule has 0 radical (unpaired) electrons. The molecule has 5 nitrogen and oxygen atoms in total. The van der Waals surface area contributed by atoms with Gasteiger partial charge in [-0.05, 0) is 24.3 Å². The molecule has 1 saturated heterocycles. The van der Waals surface area contributed by atoms with Crippen LogP contribution in [0.2, 0.25) is 0 Å². The Morgan fingerprint density at radius 3 is 3.26 bits per heavy atom.